The van der Waals surface area contributed by atoms with E-state index < -0.39 is 0 Å². The molecule has 4 rings (SSSR count). The van der Waals surface area contributed by atoms with Gasteiger partial charge in [-0.1, -0.05) is 17.7 Å². The van der Waals surface area contributed by atoms with Gasteiger partial charge in [0.05, 0.1) is 5.69 Å². The van der Waals surface area contributed by atoms with Crippen LogP contribution in [0.3, 0.4) is 0 Å². The van der Waals surface area contributed by atoms with E-state index in [1.165, 1.54) is 16.9 Å². The molecule has 6 heteroatoms. The van der Waals surface area contributed by atoms with Crippen molar-refractivity contribution in [1.82, 2.24) is 14.8 Å². The molecule has 0 bridgehead atoms. The molecule has 23 heavy (non-hydrogen) atoms. The zero-order valence-electron chi connectivity index (χ0n) is 12.7. The van der Waals surface area contributed by atoms with Crippen LogP contribution in [-0.2, 0) is 12.8 Å². The second kappa shape index (κ2) is 5.62. The van der Waals surface area contributed by atoms with Gasteiger partial charge in [0.15, 0.2) is 10.8 Å². The summed E-state index contributed by atoms with van der Waals surface area (Å²) in [5.41, 5.74) is 4.95. The van der Waals surface area contributed by atoms with Crippen molar-refractivity contribution in [3.05, 3.63) is 58.4 Å². The molecule has 0 aliphatic heterocycles. The zero-order chi connectivity index (χ0) is 15.8. The van der Waals surface area contributed by atoms with E-state index in [0.717, 1.165) is 36.2 Å². The van der Waals surface area contributed by atoms with Gasteiger partial charge < -0.3 is 0 Å². The van der Waals surface area contributed by atoms with Gasteiger partial charge in [-0.2, -0.15) is 5.10 Å². The summed E-state index contributed by atoms with van der Waals surface area (Å²) in [4.78, 5) is 16.7. The molecule has 3 aromatic rings. The predicted octanol–water partition coefficient (Wildman–Crippen LogP) is 3.38. The molecule has 1 aliphatic rings. The van der Waals surface area contributed by atoms with Gasteiger partial charge in [0, 0.05) is 22.8 Å². The minimum Gasteiger partial charge on any atom is -0.296 e. The van der Waals surface area contributed by atoms with E-state index in [-0.39, 0.29) is 5.91 Å². The molecular weight excluding hydrogens is 308 g/mol. The van der Waals surface area contributed by atoms with Gasteiger partial charge in [-0.05, 0) is 38.3 Å². The Balaban J connectivity index is 1.72. The lowest BCUT2D eigenvalue weighted by Gasteiger charge is -2.05. The molecule has 2 heterocycles. The molecule has 2 aromatic heterocycles. The largest absolute Gasteiger partial charge is 0.296 e. The molecular formula is C17H16N4OS. The molecule has 0 saturated carbocycles. The van der Waals surface area contributed by atoms with Gasteiger partial charge in [-0.25, -0.2) is 9.67 Å². The fourth-order valence-corrected chi connectivity index (χ4v) is 3.48. The third-order valence-electron chi connectivity index (χ3n) is 4.08. The number of nitrogens with one attached hydrogen (secondary N) is 1. The lowest BCUT2D eigenvalue weighted by atomic mass is 10.2. The normalized spacial score (nSPS) is 13.1. The molecule has 0 saturated heterocycles. The number of benzene rings is 1. The molecule has 0 atom stereocenters. The van der Waals surface area contributed by atoms with Crippen LogP contribution in [0, 0.1) is 6.92 Å². The van der Waals surface area contributed by atoms with Crippen molar-refractivity contribution < 1.29 is 4.79 Å². The number of carbonyl (C=O) groups excluding carboxylic acids is 1. The Labute approximate surface area is 138 Å². The first-order chi connectivity index (χ1) is 11.2. The molecule has 1 aromatic carbocycles. The highest BCUT2D eigenvalue weighted by molar-refractivity contribution is 7.13. The van der Waals surface area contributed by atoms with Gasteiger partial charge in [0.2, 0.25) is 0 Å². The van der Waals surface area contributed by atoms with Crippen molar-refractivity contribution in [1.29, 1.82) is 0 Å². The topological polar surface area (TPSA) is 59.8 Å². The van der Waals surface area contributed by atoms with Crippen LogP contribution in [-0.4, -0.2) is 20.7 Å². The van der Waals surface area contributed by atoms with E-state index in [9.17, 15) is 4.79 Å². The number of carbonyl (C=O) groups is 1. The predicted molar refractivity (Wildman–Crippen MR) is 90.4 cm³/mol. The van der Waals surface area contributed by atoms with E-state index in [1.54, 1.807) is 6.20 Å². The Morgan fingerprint density at radius 2 is 2.09 bits per heavy atom. The molecule has 0 spiro atoms. The molecule has 1 N–H and O–H groups in total. The van der Waals surface area contributed by atoms with Crippen molar-refractivity contribution in [2.75, 3.05) is 5.32 Å². The van der Waals surface area contributed by atoms with Gasteiger partial charge in [-0.3, -0.25) is 10.1 Å². The lowest BCUT2D eigenvalue weighted by Crippen LogP contribution is -2.14. The van der Waals surface area contributed by atoms with Crippen LogP contribution in [0.5, 0.6) is 0 Å². The third kappa shape index (κ3) is 2.55. The molecule has 116 valence electrons. The first-order valence-corrected chi connectivity index (χ1v) is 8.49. The maximum atomic E-state index is 12.6. The van der Waals surface area contributed by atoms with Crippen molar-refractivity contribution in [2.45, 2.75) is 26.2 Å². The van der Waals surface area contributed by atoms with Crippen LogP contribution in [0.1, 0.15) is 33.7 Å². The van der Waals surface area contributed by atoms with Gasteiger partial charge >= 0.3 is 0 Å². The molecule has 0 fully saturated rings. The van der Waals surface area contributed by atoms with E-state index >= 15 is 0 Å². The second-order valence-electron chi connectivity index (χ2n) is 5.67. The molecule has 5 nitrogen and oxygen atoms in total. The lowest BCUT2D eigenvalue weighted by molar-refractivity contribution is 0.102. The Hall–Kier alpha value is -2.47. The van der Waals surface area contributed by atoms with Gasteiger partial charge in [0.1, 0.15) is 0 Å². The van der Waals surface area contributed by atoms with Gasteiger partial charge in [-0.15, -0.1) is 11.3 Å². The summed E-state index contributed by atoms with van der Waals surface area (Å²) < 4.78 is 1.92. The van der Waals surface area contributed by atoms with Crippen LogP contribution < -0.4 is 5.32 Å². The van der Waals surface area contributed by atoms with Crippen LogP contribution in [0.2, 0.25) is 0 Å². The van der Waals surface area contributed by atoms with E-state index in [4.69, 9.17) is 0 Å². The minimum absolute atomic E-state index is 0.177. The summed E-state index contributed by atoms with van der Waals surface area (Å²) in [5.74, 6) is -0.177. The number of fused-ring (bicyclic) bond motifs is 1. The average molecular weight is 324 g/mol. The number of rotatable bonds is 3. The summed E-state index contributed by atoms with van der Waals surface area (Å²) in [7, 11) is 0. The maximum Gasteiger partial charge on any atom is 0.278 e. The zero-order valence-corrected chi connectivity index (χ0v) is 13.6. The average Bonchev–Trinajstić information content (AvgIpc) is 3.24. The van der Waals surface area contributed by atoms with E-state index in [1.807, 2.05) is 22.2 Å². The Morgan fingerprint density at radius 1 is 1.26 bits per heavy atom. The first-order valence-electron chi connectivity index (χ1n) is 7.61. The highest BCUT2D eigenvalue weighted by Crippen LogP contribution is 2.28. The summed E-state index contributed by atoms with van der Waals surface area (Å²) in [6.45, 7) is 2.06. The summed E-state index contributed by atoms with van der Waals surface area (Å²) in [6, 6.07) is 8.22. The minimum atomic E-state index is -0.177. The highest BCUT2D eigenvalue weighted by atomic mass is 32.1. The number of aryl methyl sites for hydroxylation is 1. The van der Waals surface area contributed by atoms with Crippen LogP contribution >= 0.6 is 11.3 Å². The Kier molecular flexibility index (Phi) is 3.46. The molecule has 1 amide bonds. The van der Waals surface area contributed by atoms with Crippen molar-refractivity contribution in [3.63, 3.8) is 0 Å². The Morgan fingerprint density at radius 3 is 2.83 bits per heavy atom. The summed E-state index contributed by atoms with van der Waals surface area (Å²) in [6.07, 6.45) is 4.61. The smallest absolute Gasteiger partial charge is 0.278 e. The quantitative estimate of drug-likeness (QED) is 0.803. The monoisotopic (exact) mass is 324 g/mol. The van der Waals surface area contributed by atoms with E-state index in [2.05, 4.69) is 34.5 Å². The molecule has 0 radical (unpaired) electrons. The number of nitrogens with zero attached hydrogens (tertiary/aromatic N) is 3. The Bertz CT molecular complexity index is 850. The van der Waals surface area contributed by atoms with Gasteiger partial charge in [0.25, 0.3) is 5.91 Å². The number of thiazole rings is 1. The second-order valence-corrected chi connectivity index (χ2v) is 6.56. The number of anilines is 1. The number of aromatic nitrogens is 3. The number of hydrogen-bond donors (Lipinski definition) is 1. The highest BCUT2D eigenvalue weighted by Gasteiger charge is 2.27. The first kappa shape index (κ1) is 14.1. The third-order valence-corrected chi connectivity index (χ3v) is 4.77. The standard InChI is InChI=1S/C17H16N4OS/c1-11-5-7-12(8-6-11)21-14-4-2-3-13(14)15(20-21)16(22)19-17-18-9-10-23-17/h5-10H,2-4H2,1H3,(H,18,19,22). The number of amides is 1. The fourth-order valence-electron chi connectivity index (χ4n) is 2.96. The molecule has 1 aliphatic carbocycles. The van der Waals surface area contributed by atoms with Crippen molar-refractivity contribution >= 4 is 22.4 Å². The summed E-state index contributed by atoms with van der Waals surface area (Å²) in [5, 5.41) is 9.87. The summed E-state index contributed by atoms with van der Waals surface area (Å²) >= 11 is 1.41. The van der Waals surface area contributed by atoms with Crippen molar-refractivity contribution in [2.24, 2.45) is 0 Å². The fraction of sp³-hybridized carbons (Fsp3) is 0.235. The number of hydrogen-bond acceptors (Lipinski definition) is 4. The SMILES string of the molecule is Cc1ccc(-n2nc(C(=O)Nc3nccs3)c3c2CCC3)cc1. The van der Waals surface area contributed by atoms with E-state index in [0.29, 0.717) is 10.8 Å². The van der Waals surface area contributed by atoms with Crippen LogP contribution in [0.25, 0.3) is 5.69 Å². The molecule has 0 unspecified atom stereocenters. The van der Waals surface area contributed by atoms with Crippen LogP contribution in [0.4, 0.5) is 5.13 Å². The van der Waals surface area contributed by atoms with Crippen molar-refractivity contribution in [3.8, 4) is 5.69 Å². The maximum absolute atomic E-state index is 12.6. The van der Waals surface area contributed by atoms with Crippen LogP contribution in [0.15, 0.2) is 35.8 Å².